The van der Waals surface area contributed by atoms with E-state index in [4.69, 9.17) is 0 Å². The molecule has 2 aromatic rings. The molecule has 2 rings (SSSR count). The molecule has 0 amide bonds. The molecule has 82 valence electrons. The molecule has 0 saturated carbocycles. The highest BCUT2D eigenvalue weighted by Gasteiger charge is 2.12. The van der Waals surface area contributed by atoms with Crippen LogP contribution in [0.2, 0.25) is 0 Å². The van der Waals surface area contributed by atoms with Gasteiger partial charge in [-0.3, -0.25) is 4.79 Å². The van der Waals surface area contributed by atoms with Crippen LogP contribution in [0, 0.1) is 0 Å². The van der Waals surface area contributed by atoms with Crippen LogP contribution in [0.4, 0.5) is 5.13 Å². The minimum absolute atomic E-state index is 0.676. The minimum atomic E-state index is 0.676. The average Bonchev–Trinajstić information content (AvgIpc) is 2.74. The summed E-state index contributed by atoms with van der Waals surface area (Å²) in [6.45, 7) is 0. The Balaban J connectivity index is 2.52. The van der Waals surface area contributed by atoms with Gasteiger partial charge in [-0.2, -0.15) is 0 Å². The van der Waals surface area contributed by atoms with E-state index in [1.54, 1.807) is 0 Å². The molecule has 0 fully saturated rings. The molecule has 0 N–H and O–H groups in total. The van der Waals surface area contributed by atoms with Gasteiger partial charge in [-0.05, 0) is 0 Å². The Morgan fingerprint density at radius 3 is 2.50 bits per heavy atom. The number of thiazole rings is 1. The summed E-state index contributed by atoms with van der Waals surface area (Å²) in [5.41, 5.74) is 1.75. The fourth-order valence-corrected chi connectivity index (χ4v) is 2.22. The molecule has 0 saturated heterocycles. The predicted molar refractivity (Wildman–Crippen MR) is 67.3 cm³/mol. The van der Waals surface area contributed by atoms with Gasteiger partial charge in [0.15, 0.2) is 11.4 Å². The summed E-state index contributed by atoms with van der Waals surface area (Å²) >= 11 is 1.41. The Kier molecular flexibility index (Phi) is 3.01. The van der Waals surface area contributed by atoms with Crippen molar-refractivity contribution in [1.29, 1.82) is 0 Å². The van der Waals surface area contributed by atoms with Gasteiger partial charge in [0, 0.05) is 19.7 Å². The van der Waals surface area contributed by atoms with E-state index < -0.39 is 0 Å². The second kappa shape index (κ2) is 4.45. The second-order valence-corrected chi connectivity index (χ2v) is 4.60. The first-order valence-corrected chi connectivity index (χ1v) is 5.73. The second-order valence-electron chi connectivity index (χ2n) is 3.59. The molecule has 0 aliphatic rings. The van der Waals surface area contributed by atoms with E-state index >= 15 is 0 Å². The quantitative estimate of drug-likeness (QED) is 0.763. The van der Waals surface area contributed by atoms with Crippen molar-refractivity contribution in [3.05, 3.63) is 35.2 Å². The molecule has 1 aromatic heterocycles. The summed E-state index contributed by atoms with van der Waals surface area (Å²) in [4.78, 5) is 18.0. The van der Waals surface area contributed by atoms with Crippen LogP contribution in [-0.4, -0.2) is 25.4 Å². The van der Waals surface area contributed by atoms with E-state index in [-0.39, 0.29) is 0 Å². The van der Waals surface area contributed by atoms with Gasteiger partial charge in [0.1, 0.15) is 0 Å². The van der Waals surface area contributed by atoms with Gasteiger partial charge in [-0.25, -0.2) is 4.98 Å². The van der Waals surface area contributed by atoms with Gasteiger partial charge in [0.2, 0.25) is 0 Å². The van der Waals surface area contributed by atoms with E-state index in [1.807, 2.05) is 49.3 Å². The molecule has 3 nitrogen and oxygen atoms in total. The van der Waals surface area contributed by atoms with Crippen LogP contribution < -0.4 is 4.90 Å². The van der Waals surface area contributed by atoms with Crippen molar-refractivity contribution in [3.8, 4) is 11.3 Å². The highest BCUT2D eigenvalue weighted by atomic mass is 32.1. The topological polar surface area (TPSA) is 33.2 Å². The highest BCUT2D eigenvalue weighted by Crippen LogP contribution is 2.30. The van der Waals surface area contributed by atoms with Crippen molar-refractivity contribution in [1.82, 2.24) is 4.98 Å². The molecule has 0 atom stereocenters. The molecule has 1 heterocycles. The first kappa shape index (κ1) is 10.8. The lowest BCUT2D eigenvalue weighted by Crippen LogP contribution is -2.07. The van der Waals surface area contributed by atoms with Crippen molar-refractivity contribution in [2.75, 3.05) is 19.0 Å². The fourth-order valence-electron chi connectivity index (χ4n) is 1.39. The van der Waals surface area contributed by atoms with Crippen LogP contribution in [0.5, 0.6) is 0 Å². The van der Waals surface area contributed by atoms with Crippen LogP contribution in [0.25, 0.3) is 11.3 Å². The van der Waals surface area contributed by atoms with Gasteiger partial charge in [-0.1, -0.05) is 41.7 Å². The van der Waals surface area contributed by atoms with Crippen LogP contribution in [0.3, 0.4) is 0 Å². The molecule has 0 spiro atoms. The molecular weight excluding hydrogens is 220 g/mol. The number of benzene rings is 1. The van der Waals surface area contributed by atoms with Crippen molar-refractivity contribution in [3.63, 3.8) is 0 Å². The zero-order valence-corrected chi connectivity index (χ0v) is 9.99. The molecule has 0 aliphatic carbocycles. The molecule has 4 heteroatoms. The van der Waals surface area contributed by atoms with Gasteiger partial charge >= 0.3 is 0 Å². The molecule has 0 bridgehead atoms. The largest absolute Gasteiger partial charge is 0.354 e. The highest BCUT2D eigenvalue weighted by molar-refractivity contribution is 7.17. The number of carbonyl (C=O) groups excluding carboxylic acids is 1. The third kappa shape index (κ3) is 1.97. The molecule has 16 heavy (non-hydrogen) atoms. The first-order valence-electron chi connectivity index (χ1n) is 4.91. The summed E-state index contributed by atoms with van der Waals surface area (Å²) in [5, 5.41) is 0.848. The van der Waals surface area contributed by atoms with E-state index in [0.29, 0.717) is 4.88 Å². The molecule has 0 unspecified atom stereocenters. The maximum atomic E-state index is 11.0. The summed E-state index contributed by atoms with van der Waals surface area (Å²) in [6, 6.07) is 9.75. The number of anilines is 1. The number of aromatic nitrogens is 1. The maximum Gasteiger partial charge on any atom is 0.186 e. The Morgan fingerprint density at radius 2 is 1.94 bits per heavy atom. The van der Waals surface area contributed by atoms with E-state index in [1.165, 1.54) is 11.3 Å². The summed E-state index contributed by atoms with van der Waals surface area (Å²) in [5.74, 6) is 0. The zero-order valence-electron chi connectivity index (χ0n) is 9.18. The molecule has 0 aliphatic heterocycles. The SMILES string of the molecule is CN(C)c1nc(-c2ccccc2)c(C=O)s1. The Labute approximate surface area is 98.4 Å². The number of hydrogen-bond donors (Lipinski definition) is 0. The lowest BCUT2D eigenvalue weighted by molar-refractivity contribution is 0.112. The summed E-state index contributed by atoms with van der Waals surface area (Å²) < 4.78 is 0. The lowest BCUT2D eigenvalue weighted by atomic mass is 10.1. The third-order valence-electron chi connectivity index (χ3n) is 2.18. The van der Waals surface area contributed by atoms with Gasteiger partial charge < -0.3 is 4.90 Å². The average molecular weight is 232 g/mol. The van der Waals surface area contributed by atoms with Gasteiger partial charge in [-0.15, -0.1) is 0 Å². The minimum Gasteiger partial charge on any atom is -0.354 e. The summed E-state index contributed by atoms with van der Waals surface area (Å²) in [6.07, 6.45) is 0.868. The van der Waals surface area contributed by atoms with E-state index in [0.717, 1.165) is 22.7 Å². The molecule has 0 radical (unpaired) electrons. The smallest absolute Gasteiger partial charge is 0.186 e. The maximum absolute atomic E-state index is 11.0. The Hall–Kier alpha value is -1.68. The van der Waals surface area contributed by atoms with Crippen molar-refractivity contribution in [2.24, 2.45) is 0 Å². The van der Waals surface area contributed by atoms with Crippen LogP contribution in [0.15, 0.2) is 30.3 Å². The first-order chi connectivity index (χ1) is 7.72. The van der Waals surface area contributed by atoms with E-state index in [9.17, 15) is 4.79 Å². The number of hydrogen-bond acceptors (Lipinski definition) is 4. The fraction of sp³-hybridized carbons (Fsp3) is 0.167. The van der Waals surface area contributed by atoms with Crippen LogP contribution in [-0.2, 0) is 0 Å². The Bertz CT molecular complexity index is 491. The monoisotopic (exact) mass is 232 g/mol. The molecular formula is C12H12N2OS. The predicted octanol–water partition coefficient (Wildman–Crippen LogP) is 2.69. The standard InChI is InChI=1S/C12H12N2OS/c1-14(2)12-13-11(10(8-15)16-12)9-6-4-3-5-7-9/h3-8H,1-2H3. The number of carbonyl (C=O) groups is 1. The third-order valence-corrected chi connectivity index (χ3v) is 3.33. The van der Waals surface area contributed by atoms with Crippen LogP contribution in [0.1, 0.15) is 9.67 Å². The van der Waals surface area contributed by atoms with Gasteiger partial charge in [0.25, 0.3) is 0 Å². The van der Waals surface area contributed by atoms with E-state index in [2.05, 4.69) is 4.98 Å². The van der Waals surface area contributed by atoms with Crippen molar-refractivity contribution in [2.45, 2.75) is 0 Å². The lowest BCUT2D eigenvalue weighted by Gasteiger charge is -2.05. The van der Waals surface area contributed by atoms with Crippen LogP contribution >= 0.6 is 11.3 Å². The van der Waals surface area contributed by atoms with Crippen molar-refractivity contribution < 1.29 is 4.79 Å². The Morgan fingerprint density at radius 1 is 1.25 bits per heavy atom. The summed E-state index contributed by atoms with van der Waals surface area (Å²) in [7, 11) is 3.84. The van der Waals surface area contributed by atoms with Crippen molar-refractivity contribution >= 4 is 22.8 Å². The molecule has 1 aromatic carbocycles. The number of aldehydes is 1. The number of nitrogens with zero attached hydrogens (tertiary/aromatic N) is 2. The normalized spacial score (nSPS) is 10.1. The number of rotatable bonds is 3. The zero-order chi connectivity index (χ0) is 11.5. The van der Waals surface area contributed by atoms with Gasteiger partial charge in [0.05, 0.1) is 10.6 Å².